The van der Waals surface area contributed by atoms with Crippen LogP contribution in [0.3, 0.4) is 0 Å². The molecule has 0 amide bonds. The van der Waals surface area contributed by atoms with Gasteiger partial charge in [0.1, 0.15) is 11.6 Å². The average Bonchev–Trinajstić information content (AvgIpc) is 2.76. The topological polar surface area (TPSA) is 12.0 Å². The Kier molecular flexibility index (Phi) is 4.09. The second-order valence-corrected chi connectivity index (χ2v) is 5.42. The normalized spacial score (nSPS) is 12.7. The summed E-state index contributed by atoms with van der Waals surface area (Å²) in [7, 11) is 0. The van der Waals surface area contributed by atoms with Gasteiger partial charge in [0.2, 0.25) is 0 Å². The van der Waals surface area contributed by atoms with Crippen LogP contribution < -0.4 is 5.32 Å². The van der Waals surface area contributed by atoms with Crippen molar-refractivity contribution in [2.24, 2.45) is 0 Å². The Morgan fingerprint density at radius 3 is 2.61 bits per heavy atom. The molecule has 1 heterocycles. The number of halogens is 2. The van der Waals surface area contributed by atoms with E-state index >= 15 is 0 Å². The van der Waals surface area contributed by atoms with E-state index in [2.05, 4.69) is 5.32 Å². The Bertz CT molecular complexity index is 536. The molecule has 1 nitrogen and oxygen atoms in total. The van der Waals surface area contributed by atoms with Crippen LogP contribution >= 0.6 is 11.3 Å². The van der Waals surface area contributed by atoms with Gasteiger partial charge in [-0.25, -0.2) is 8.78 Å². The summed E-state index contributed by atoms with van der Waals surface area (Å²) in [5, 5.41) is 3.20. The van der Waals surface area contributed by atoms with E-state index in [0.29, 0.717) is 12.1 Å². The molecule has 96 valence electrons. The summed E-state index contributed by atoms with van der Waals surface area (Å²) in [6, 6.07) is 7.23. The van der Waals surface area contributed by atoms with E-state index < -0.39 is 5.82 Å². The summed E-state index contributed by atoms with van der Waals surface area (Å²) in [4.78, 5) is 2.16. The lowest BCUT2D eigenvalue weighted by molar-refractivity contribution is 0.548. The Balaban J connectivity index is 2.44. The number of thiophene rings is 1. The molecular weight excluding hydrogens is 252 g/mol. The number of rotatable bonds is 4. The summed E-state index contributed by atoms with van der Waals surface area (Å²) in [6.45, 7) is 4.64. The number of aryl methyl sites for hydroxylation is 1. The highest BCUT2D eigenvalue weighted by Crippen LogP contribution is 2.30. The minimum atomic E-state index is -0.414. The van der Waals surface area contributed by atoms with Crippen LogP contribution in [-0.2, 0) is 0 Å². The van der Waals surface area contributed by atoms with Gasteiger partial charge in [-0.1, -0.05) is 6.92 Å². The van der Waals surface area contributed by atoms with Crippen molar-refractivity contribution in [3.63, 3.8) is 0 Å². The number of nitrogens with one attached hydrogen (secondary N) is 1. The van der Waals surface area contributed by atoms with Crippen molar-refractivity contribution in [3.05, 3.63) is 57.3 Å². The summed E-state index contributed by atoms with van der Waals surface area (Å²) in [5.74, 6) is -0.795. The molecule has 0 aliphatic rings. The SMILES string of the molecule is CCNC(c1ccc(C)s1)c1cc(F)ccc1F. The van der Waals surface area contributed by atoms with Crippen LogP contribution in [0, 0.1) is 18.6 Å². The molecule has 2 rings (SSSR count). The molecule has 0 saturated heterocycles. The van der Waals surface area contributed by atoms with E-state index in [1.165, 1.54) is 12.1 Å². The third kappa shape index (κ3) is 2.76. The average molecular weight is 267 g/mol. The van der Waals surface area contributed by atoms with Crippen LogP contribution in [0.5, 0.6) is 0 Å². The molecule has 0 radical (unpaired) electrons. The van der Waals surface area contributed by atoms with Crippen molar-refractivity contribution in [2.75, 3.05) is 6.54 Å². The zero-order valence-electron chi connectivity index (χ0n) is 10.3. The molecule has 18 heavy (non-hydrogen) atoms. The second-order valence-electron chi connectivity index (χ2n) is 4.10. The predicted octanol–water partition coefficient (Wildman–Crippen LogP) is 4.03. The van der Waals surface area contributed by atoms with Crippen molar-refractivity contribution in [1.29, 1.82) is 0 Å². The summed E-state index contributed by atoms with van der Waals surface area (Å²) in [5.41, 5.74) is 0.360. The van der Waals surface area contributed by atoms with E-state index in [-0.39, 0.29) is 11.9 Å². The van der Waals surface area contributed by atoms with Gasteiger partial charge in [0.05, 0.1) is 6.04 Å². The van der Waals surface area contributed by atoms with Crippen LogP contribution in [0.25, 0.3) is 0 Å². The molecule has 1 unspecified atom stereocenters. The first-order valence-electron chi connectivity index (χ1n) is 5.86. The Labute approximate surface area is 109 Å². The lowest BCUT2D eigenvalue weighted by atomic mass is 10.0. The molecule has 1 aromatic heterocycles. The third-order valence-electron chi connectivity index (χ3n) is 2.72. The Hall–Kier alpha value is -1.26. The van der Waals surface area contributed by atoms with Crippen molar-refractivity contribution in [2.45, 2.75) is 19.9 Å². The fraction of sp³-hybridized carbons (Fsp3) is 0.286. The zero-order chi connectivity index (χ0) is 13.1. The summed E-state index contributed by atoms with van der Waals surface area (Å²) in [6.07, 6.45) is 0. The highest BCUT2D eigenvalue weighted by atomic mass is 32.1. The van der Waals surface area contributed by atoms with E-state index in [4.69, 9.17) is 0 Å². The maximum atomic E-state index is 13.8. The van der Waals surface area contributed by atoms with Crippen LogP contribution in [0.2, 0.25) is 0 Å². The molecule has 0 spiro atoms. The van der Waals surface area contributed by atoms with Crippen molar-refractivity contribution < 1.29 is 8.78 Å². The van der Waals surface area contributed by atoms with Crippen LogP contribution in [0.4, 0.5) is 8.78 Å². The van der Waals surface area contributed by atoms with Gasteiger partial charge in [0, 0.05) is 15.3 Å². The molecule has 4 heteroatoms. The Morgan fingerprint density at radius 1 is 1.22 bits per heavy atom. The predicted molar refractivity (Wildman–Crippen MR) is 70.9 cm³/mol. The molecule has 0 aliphatic carbocycles. The minimum Gasteiger partial charge on any atom is -0.306 e. The highest BCUT2D eigenvalue weighted by Gasteiger charge is 2.19. The maximum absolute atomic E-state index is 13.8. The Morgan fingerprint density at radius 2 is 2.00 bits per heavy atom. The minimum absolute atomic E-state index is 0.288. The summed E-state index contributed by atoms with van der Waals surface area (Å²) >= 11 is 1.59. The van der Waals surface area contributed by atoms with Gasteiger partial charge in [-0.3, -0.25) is 0 Å². The first-order valence-corrected chi connectivity index (χ1v) is 6.68. The lowest BCUT2D eigenvalue weighted by Gasteiger charge is -2.17. The van der Waals surface area contributed by atoms with Gasteiger partial charge in [-0.2, -0.15) is 0 Å². The monoisotopic (exact) mass is 267 g/mol. The number of benzene rings is 1. The van der Waals surface area contributed by atoms with Crippen molar-refractivity contribution >= 4 is 11.3 Å². The number of hydrogen-bond acceptors (Lipinski definition) is 2. The van der Waals surface area contributed by atoms with Gasteiger partial charge >= 0.3 is 0 Å². The standard InChI is InChI=1S/C14H15F2NS/c1-3-17-14(13-7-4-9(2)18-13)11-8-10(15)5-6-12(11)16/h4-8,14,17H,3H2,1-2H3. The van der Waals surface area contributed by atoms with Crippen LogP contribution in [0.1, 0.15) is 28.3 Å². The van der Waals surface area contributed by atoms with E-state index in [0.717, 1.165) is 15.8 Å². The smallest absolute Gasteiger partial charge is 0.128 e. The highest BCUT2D eigenvalue weighted by molar-refractivity contribution is 7.12. The molecule has 0 bridgehead atoms. The van der Waals surface area contributed by atoms with E-state index in [1.807, 2.05) is 26.0 Å². The first-order chi connectivity index (χ1) is 8.61. The molecule has 0 aliphatic heterocycles. The van der Waals surface area contributed by atoms with Gasteiger partial charge in [0.15, 0.2) is 0 Å². The third-order valence-corrected chi connectivity index (χ3v) is 3.79. The molecule has 1 N–H and O–H groups in total. The fourth-order valence-corrected chi connectivity index (χ4v) is 2.88. The lowest BCUT2D eigenvalue weighted by Crippen LogP contribution is -2.22. The summed E-state index contributed by atoms with van der Waals surface area (Å²) < 4.78 is 27.1. The quantitative estimate of drug-likeness (QED) is 0.881. The van der Waals surface area contributed by atoms with E-state index in [1.54, 1.807) is 11.3 Å². The van der Waals surface area contributed by atoms with Gasteiger partial charge in [-0.15, -0.1) is 11.3 Å². The zero-order valence-corrected chi connectivity index (χ0v) is 11.2. The molecule has 0 fully saturated rings. The largest absolute Gasteiger partial charge is 0.306 e. The molecular formula is C14H15F2NS. The molecule has 2 aromatic rings. The van der Waals surface area contributed by atoms with Crippen LogP contribution in [-0.4, -0.2) is 6.54 Å². The number of hydrogen-bond donors (Lipinski definition) is 1. The van der Waals surface area contributed by atoms with Crippen molar-refractivity contribution in [1.82, 2.24) is 5.32 Å². The maximum Gasteiger partial charge on any atom is 0.128 e. The van der Waals surface area contributed by atoms with Crippen molar-refractivity contribution in [3.8, 4) is 0 Å². The molecule has 1 aromatic carbocycles. The second kappa shape index (κ2) is 5.59. The fourth-order valence-electron chi connectivity index (χ4n) is 1.91. The van der Waals surface area contributed by atoms with E-state index in [9.17, 15) is 8.78 Å². The molecule has 0 saturated carbocycles. The molecule has 1 atom stereocenters. The van der Waals surface area contributed by atoms with Gasteiger partial charge in [0.25, 0.3) is 0 Å². The van der Waals surface area contributed by atoms with Gasteiger partial charge in [-0.05, 0) is 43.8 Å². The van der Waals surface area contributed by atoms with Gasteiger partial charge < -0.3 is 5.32 Å². The first kappa shape index (κ1) is 13.2. The van der Waals surface area contributed by atoms with Crippen LogP contribution in [0.15, 0.2) is 30.3 Å².